The first kappa shape index (κ1) is 19.5. The molecule has 3 rings (SSSR count). The van der Waals surface area contributed by atoms with E-state index in [0.29, 0.717) is 28.4 Å². The lowest BCUT2D eigenvalue weighted by Crippen LogP contribution is -2.37. The molecule has 2 aliphatic heterocycles. The van der Waals surface area contributed by atoms with E-state index in [9.17, 15) is 4.79 Å². The van der Waals surface area contributed by atoms with Crippen LogP contribution in [0.15, 0.2) is 17.7 Å². The maximum absolute atomic E-state index is 10.9. The molecule has 0 radical (unpaired) electrons. The lowest BCUT2D eigenvalue weighted by Gasteiger charge is -2.27. The average molecular weight is 399 g/mol. The summed E-state index contributed by atoms with van der Waals surface area (Å²) in [4.78, 5) is 15.3. The van der Waals surface area contributed by atoms with Gasteiger partial charge in [-0.1, -0.05) is 23.2 Å². The van der Waals surface area contributed by atoms with Gasteiger partial charge in [0.15, 0.2) is 0 Å². The van der Waals surface area contributed by atoms with Crippen molar-refractivity contribution in [3.8, 4) is 5.75 Å². The number of rotatable bonds is 5. The molecular weight excluding hydrogens is 375 g/mol. The summed E-state index contributed by atoms with van der Waals surface area (Å²) in [5.41, 5.74) is 2.13. The molecule has 0 spiro atoms. The van der Waals surface area contributed by atoms with E-state index in [1.54, 1.807) is 6.07 Å². The van der Waals surface area contributed by atoms with Gasteiger partial charge in [0.2, 0.25) is 0 Å². The monoisotopic (exact) mass is 398 g/mol. The van der Waals surface area contributed by atoms with Crippen molar-refractivity contribution in [1.29, 1.82) is 0 Å². The van der Waals surface area contributed by atoms with Gasteiger partial charge in [0.25, 0.3) is 0 Å². The first-order valence-electron chi connectivity index (χ1n) is 8.88. The average Bonchev–Trinajstić information content (AvgIpc) is 2.79. The van der Waals surface area contributed by atoms with E-state index in [2.05, 4.69) is 11.0 Å². The Bertz CT molecular complexity index is 708. The zero-order valence-electron chi connectivity index (χ0n) is 14.9. The van der Waals surface area contributed by atoms with Crippen LogP contribution < -0.4 is 4.74 Å². The number of hydrogen-bond acceptors (Lipinski definition) is 4. The minimum atomic E-state index is -0.769. The Balaban J connectivity index is 1.61. The van der Waals surface area contributed by atoms with Crippen LogP contribution >= 0.6 is 23.2 Å². The number of carboxylic acid groups (broad SMARTS) is 1. The van der Waals surface area contributed by atoms with Gasteiger partial charge in [0.1, 0.15) is 12.4 Å². The Hall–Kier alpha value is -1.27. The SMILES string of the molecule is CN(CC(=O)O)C1CCCN(CC2=Cc3cc(Cl)cc(Cl)c3OC2)CC1. The number of halogens is 2. The fraction of sp³-hybridized carbons (Fsp3) is 0.526. The Morgan fingerprint density at radius 2 is 2.15 bits per heavy atom. The molecule has 1 atom stereocenters. The Labute approximate surface area is 164 Å². The van der Waals surface area contributed by atoms with Crippen molar-refractivity contribution in [1.82, 2.24) is 9.80 Å². The Kier molecular flexibility index (Phi) is 6.46. The summed E-state index contributed by atoms with van der Waals surface area (Å²) in [5.74, 6) is -0.0693. The molecule has 0 saturated carbocycles. The van der Waals surface area contributed by atoms with Crippen molar-refractivity contribution >= 4 is 35.2 Å². The molecule has 1 fully saturated rings. The molecule has 5 nitrogen and oxygen atoms in total. The minimum Gasteiger partial charge on any atom is -0.487 e. The predicted molar refractivity (Wildman–Crippen MR) is 104 cm³/mol. The number of ether oxygens (including phenoxy) is 1. The van der Waals surface area contributed by atoms with Crippen LogP contribution in [0.25, 0.3) is 6.08 Å². The molecule has 7 heteroatoms. The van der Waals surface area contributed by atoms with E-state index in [0.717, 1.165) is 44.5 Å². The summed E-state index contributed by atoms with van der Waals surface area (Å²) in [6.07, 6.45) is 5.20. The molecule has 1 N–H and O–H groups in total. The summed E-state index contributed by atoms with van der Waals surface area (Å²) in [6.45, 7) is 3.45. The van der Waals surface area contributed by atoms with Crippen molar-refractivity contribution < 1.29 is 14.6 Å². The van der Waals surface area contributed by atoms with Crippen LogP contribution in [-0.2, 0) is 4.79 Å². The van der Waals surface area contributed by atoms with Crippen LogP contribution in [0.2, 0.25) is 10.0 Å². The minimum absolute atomic E-state index is 0.0992. The topological polar surface area (TPSA) is 53.0 Å². The highest BCUT2D eigenvalue weighted by Crippen LogP contribution is 2.36. The molecular formula is C19H24Cl2N2O3. The molecule has 1 saturated heterocycles. The third-order valence-corrected chi connectivity index (χ3v) is 5.52. The largest absolute Gasteiger partial charge is 0.487 e. The third-order valence-electron chi connectivity index (χ3n) is 5.02. The number of benzene rings is 1. The maximum atomic E-state index is 10.9. The molecule has 26 heavy (non-hydrogen) atoms. The number of likely N-dealkylation sites (N-methyl/N-ethyl adjacent to an activating group) is 1. The van der Waals surface area contributed by atoms with E-state index in [1.165, 1.54) is 5.57 Å². The van der Waals surface area contributed by atoms with Crippen LogP contribution in [0.3, 0.4) is 0 Å². The van der Waals surface area contributed by atoms with Crippen LogP contribution in [0.4, 0.5) is 0 Å². The van der Waals surface area contributed by atoms with Gasteiger partial charge < -0.3 is 9.84 Å². The normalized spacial score (nSPS) is 20.9. The highest BCUT2D eigenvalue weighted by molar-refractivity contribution is 6.36. The lowest BCUT2D eigenvalue weighted by molar-refractivity contribution is -0.138. The molecule has 0 aromatic heterocycles. The molecule has 0 amide bonds. The first-order chi connectivity index (χ1) is 12.4. The zero-order valence-corrected chi connectivity index (χ0v) is 16.4. The molecule has 1 aromatic rings. The standard InChI is InChI=1S/C19H24Cl2N2O3/c1-22(11-18(24)25)16-3-2-5-23(6-4-16)10-13-7-14-8-15(20)9-17(21)19(14)26-12-13/h7-9,16H,2-6,10-12H2,1H3,(H,24,25). The Morgan fingerprint density at radius 1 is 1.35 bits per heavy atom. The highest BCUT2D eigenvalue weighted by Gasteiger charge is 2.23. The van der Waals surface area contributed by atoms with E-state index >= 15 is 0 Å². The number of nitrogens with zero attached hydrogens (tertiary/aromatic N) is 2. The van der Waals surface area contributed by atoms with Crippen LogP contribution in [0.1, 0.15) is 24.8 Å². The van der Waals surface area contributed by atoms with Crippen molar-refractivity contribution in [2.75, 3.05) is 39.8 Å². The summed E-state index contributed by atoms with van der Waals surface area (Å²) in [7, 11) is 1.90. The van der Waals surface area contributed by atoms with Crippen LogP contribution in [0.5, 0.6) is 5.75 Å². The summed E-state index contributed by atoms with van der Waals surface area (Å²) in [5, 5.41) is 10.1. The van der Waals surface area contributed by atoms with Gasteiger partial charge in [-0.2, -0.15) is 0 Å². The van der Waals surface area contributed by atoms with E-state index < -0.39 is 5.97 Å². The summed E-state index contributed by atoms with van der Waals surface area (Å²) >= 11 is 12.3. The fourth-order valence-electron chi connectivity index (χ4n) is 3.72. The number of aliphatic carboxylic acids is 1. The molecule has 1 unspecified atom stereocenters. The van der Waals surface area contributed by atoms with Gasteiger partial charge in [-0.05, 0) is 63.2 Å². The fourth-order valence-corrected chi connectivity index (χ4v) is 4.29. The second kappa shape index (κ2) is 8.61. The summed E-state index contributed by atoms with van der Waals surface area (Å²) < 4.78 is 5.84. The van der Waals surface area contributed by atoms with Crippen molar-refractivity contribution in [3.05, 3.63) is 33.3 Å². The van der Waals surface area contributed by atoms with Gasteiger partial charge in [-0.25, -0.2) is 0 Å². The molecule has 2 heterocycles. The third kappa shape index (κ3) is 4.92. The maximum Gasteiger partial charge on any atom is 0.317 e. The van der Waals surface area contributed by atoms with Gasteiger partial charge in [0.05, 0.1) is 11.6 Å². The van der Waals surface area contributed by atoms with Gasteiger partial charge in [-0.15, -0.1) is 0 Å². The number of carbonyl (C=O) groups is 1. The smallest absolute Gasteiger partial charge is 0.317 e. The molecule has 142 valence electrons. The second-order valence-corrected chi connectivity index (χ2v) is 7.91. The van der Waals surface area contributed by atoms with Gasteiger partial charge in [-0.3, -0.25) is 14.6 Å². The van der Waals surface area contributed by atoms with Crippen LogP contribution in [-0.4, -0.2) is 66.8 Å². The molecule has 2 aliphatic rings. The second-order valence-electron chi connectivity index (χ2n) is 7.07. The van der Waals surface area contributed by atoms with Gasteiger partial charge >= 0.3 is 5.97 Å². The Morgan fingerprint density at radius 3 is 2.92 bits per heavy atom. The van der Waals surface area contributed by atoms with E-state index in [1.807, 2.05) is 18.0 Å². The summed E-state index contributed by atoms with van der Waals surface area (Å²) in [6, 6.07) is 3.90. The van der Waals surface area contributed by atoms with Crippen molar-refractivity contribution in [2.45, 2.75) is 25.3 Å². The molecule has 0 aliphatic carbocycles. The number of carboxylic acids is 1. The van der Waals surface area contributed by atoms with E-state index in [-0.39, 0.29) is 6.54 Å². The zero-order chi connectivity index (χ0) is 18.7. The number of likely N-dealkylation sites (tertiary alicyclic amines) is 1. The molecule has 1 aromatic carbocycles. The first-order valence-corrected chi connectivity index (χ1v) is 9.63. The highest BCUT2D eigenvalue weighted by atomic mass is 35.5. The van der Waals surface area contributed by atoms with Crippen molar-refractivity contribution in [3.63, 3.8) is 0 Å². The van der Waals surface area contributed by atoms with Crippen molar-refractivity contribution in [2.24, 2.45) is 0 Å². The number of fused-ring (bicyclic) bond motifs is 1. The molecule has 0 bridgehead atoms. The van der Waals surface area contributed by atoms with E-state index in [4.69, 9.17) is 33.0 Å². The number of hydrogen-bond donors (Lipinski definition) is 1. The van der Waals surface area contributed by atoms with Gasteiger partial charge in [0, 0.05) is 23.2 Å². The lowest BCUT2D eigenvalue weighted by atomic mass is 10.1. The van der Waals surface area contributed by atoms with Crippen LogP contribution in [0, 0.1) is 0 Å². The quantitative estimate of drug-likeness (QED) is 0.820. The predicted octanol–water partition coefficient (Wildman–Crippen LogP) is 3.64.